The van der Waals surface area contributed by atoms with Crippen LogP contribution in [0.15, 0.2) is 36.8 Å². The predicted octanol–water partition coefficient (Wildman–Crippen LogP) is 1.60. The Balaban J connectivity index is 1.63. The van der Waals surface area contributed by atoms with Gasteiger partial charge in [-0.2, -0.15) is 5.10 Å². The lowest BCUT2D eigenvalue weighted by Crippen LogP contribution is -1.98. The van der Waals surface area contributed by atoms with Crippen LogP contribution in [-0.4, -0.2) is 36.5 Å². The zero-order valence-electron chi connectivity index (χ0n) is 12.7. The standard InChI is InChI=1S/C15H14N6O2/c1-20-14-12(7-17-20)15-18-13(19-21(15)9-16-14)8-23-11-5-3-4-10(6-11)22-2/h3-7,9H,8H2,1-2H3. The molecule has 8 heteroatoms. The summed E-state index contributed by atoms with van der Waals surface area (Å²) >= 11 is 0. The van der Waals surface area contributed by atoms with Crippen LogP contribution in [0.25, 0.3) is 16.7 Å². The number of rotatable bonds is 4. The van der Waals surface area contributed by atoms with Gasteiger partial charge < -0.3 is 9.47 Å². The van der Waals surface area contributed by atoms with Gasteiger partial charge in [-0.3, -0.25) is 4.68 Å². The quantitative estimate of drug-likeness (QED) is 0.569. The molecule has 0 aliphatic heterocycles. The highest BCUT2D eigenvalue weighted by Crippen LogP contribution is 2.20. The normalized spacial score (nSPS) is 11.2. The largest absolute Gasteiger partial charge is 0.497 e. The van der Waals surface area contributed by atoms with Gasteiger partial charge in [-0.1, -0.05) is 6.07 Å². The molecule has 0 bridgehead atoms. The molecule has 0 atom stereocenters. The van der Waals surface area contributed by atoms with Crippen LogP contribution in [0.2, 0.25) is 0 Å². The van der Waals surface area contributed by atoms with Crippen LogP contribution in [-0.2, 0) is 13.7 Å². The molecule has 116 valence electrons. The molecule has 4 aromatic rings. The van der Waals surface area contributed by atoms with Crippen LogP contribution < -0.4 is 9.47 Å². The summed E-state index contributed by atoms with van der Waals surface area (Å²) in [7, 11) is 3.46. The van der Waals surface area contributed by atoms with Crippen molar-refractivity contribution in [1.82, 2.24) is 29.4 Å². The third-order valence-electron chi connectivity index (χ3n) is 3.52. The van der Waals surface area contributed by atoms with Gasteiger partial charge in [0.1, 0.15) is 24.4 Å². The molecule has 1 aromatic carbocycles. The number of benzene rings is 1. The highest BCUT2D eigenvalue weighted by Gasteiger charge is 2.11. The Morgan fingerprint density at radius 3 is 2.91 bits per heavy atom. The number of hydrogen-bond donors (Lipinski definition) is 0. The van der Waals surface area contributed by atoms with Gasteiger partial charge in [0.2, 0.25) is 0 Å². The third-order valence-corrected chi connectivity index (χ3v) is 3.52. The topological polar surface area (TPSA) is 79.4 Å². The van der Waals surface area contributed by atoms with Crippen LogP contribution in [0.4, 0.5) is 0 Å². The molecule has 0 spiro atoms. The zero-order chi connectivity index (χ0) is 15.8. The molecule has 0 aliphatic carbocycles. The van der Waals surface area contributed by atoms with Crippen LogP contribution in [0, 0.1) is 0 Å². The van der Waals surface area contributed by atoms with Crippen LogP contribution in [0.1, 0.15) is 5.82 Å². The van der Waals surface area contributed by atoms with Crippen molar-refractivity contribution in [2.24, 2.45) is 7.05 Å². The Kier molecular flexibility index (Phi) is 3.07. The first-order valence-electron chi connectivity index (χ1n) is 7.03. The number of fused-ring (bicyclic) bond motifs is 3. The van der Waals surface area contributed by atoms with Gasteiger partial charge in [-0.25, -0.2) is 14.5 Å². The summed E-state index contributed by atoms with van der Waals surface area (Å²) in [6.07, 6.45) is 3.36. The highest BCUT2D eigenvalue weighted by molar-refractivity contribution is 5.88. The molecule has 0 unspecified atom stereocenters. The van der Waals surface area contributed by atoms with Gasteiger partial charge in [0.15, 0.2) is 17.1 Å². The van der Waals surface area contributed by atoms with E-state index >= 15 is 0 Å². The number of nitrogens with zero attached hydrogens (tertiary/aromatic N) is 6. The van der Waals surface area contributed by atoms with Crippen LogP contribution >= 0.6 is 0 Å². The number of hydrogen-bond acceptors (Lipinski definition) is 6. The average Bonchev–Trinajstić information content (AvgIpc) is 3.16. The van der Waals surface area contributed by atoms with E-state index in [1.807, 2.05) is 31.3 Å². The molecule has 4 rings (SSSR count). The summed E-state index contributed by atoms with van der Waals surface area (Å²) in [6, 6.07) is 7.41. The molecule has 0 amide bonds. The second kappa shape index (κ2) is 5.24. The maximum Gasteiger partial charge on any atom is 0.189 e. The van der Waals surface area contributed by atoms with Crippen molar-refractivity contribution in [1.29, 1.82) is 0 Å². The van der Waals surface area contributed by atoms with Crippen molar-refractivity contribution in [3.05, 3.63) is 42.6 Å². The minimum Gasteiger partial charge on any atom is -0.497 e. The summed E-state index contributed by atoms with van der Waals surface area (Å²) in [4.78, 5) is 8.84. The fourth-order valence-electron chi connectivity index (χ4n) is 2.38. The molecule has 3 aromatic heterocycles. The van der Waals surface area contributed by atoms with E-state index in [9.17, 15) is 0 Å². The lowest BCUT2D eigenvalue weighted by molar-refractivity contribution is 0.294. The van der Waals surface area contributed by atoms with E-state index in [0.29, 0.717) is 17.2 Å². The van der Waals surface area contributed by atoms with E-state index < -0.39 is 0 Å². The highest BCUT2D eigenvalue weighted by atomic mass is 16.5. The Hall–Kier alpha value is -3.16. The van der Waals surface area contributed by atoms with E-state index in [0.717, 1.165) is 16.8 Å². The Labute approximate surface area is 131 Å². The van der Waals surface area contributed by atoms with E-state index in [1.165, 1.54) is 0 Å². The molecule has 0 saturated carbocycles. The van der Waals surface area contributed by atoms with Crippen LogP contribution in [0.3, 0.4) is 0 Å². The molecule has 0 N–H and O–H groups in total. The first-order chi connectivity index (χ1) is 11.2. The minimum absolute atomic E-state index is 0.261. The molecule has 0 radical (unpaired) electrons. The van der Waals surface area contributed by atoms with E-state index in [1.54, 1.807) is 28.8 Å². The summed E-state index contributed by atoms with van der Waals surface area (Å²) in [5, 5.41) is 9.43. The Bertz CT molecular complexity index is 990. The number of aryl methyl sites for hydroxylation is 1. The fraction of sp³-hybridized carbons (Fsp3) is 0.200. The van der Waals surface area contributed by atoms with Crippen molar-refractivity contribution in [3.63, 3.8) is 0 Å². The zero-order valence-corrected chi connectivity index (χ0v) is 12.7. The SMILES string of the molecule is COc1cccc(OCc2nc3c4cnn(C)c4ncn3n2)c1. The summed E-state index contributed by atoms with van der Waals surface area (Å²) in [5.41, 5.74) is 1.48. The molecule has 0 fully saturated rings. The van der Waals surface area contributed by atoms with Crippen molar-refractivity contribution < 1.29 is 9.47 Å². The summed E-state index contributed by atoms with van der Waals surface area (Å²) in [6.45, 7) is 0.261. The van der Waals surface area contributed by atoms with Crippen molar-refractivity contribution in [2.75, 3.05) is 7.11 Å². The smallest absolute Gasteiger partial charge is 0.189 e. The van der Waals surface area contributed by atoms with Gasteiger partial charge in [0.05, 0.1) is 18.7 Å². The monoisotopic (exact) mass is 310 g/mol. The predicted molar refractivity (Wildman–Crippen MR) is 82.4 cm³/mol. The van der Waals surface area contributed by atoms with Crippen molar-refractivity contribution >= 4 is 16.7 Å². The lowest BCUT2D eigenvalue weighted by Gasteiger charge is -2.05. The molecular formula is C15H14N6O2. The maximum atomic E-state index is 5.72. The van der Waals surface area contributed by atoms with Crippen molar-refractivity contribution in [2.45, 2.75) is 6.61 Å². The van der Waals surface area contributed by atoms with Gasteiger partial charge in [0.25, 0.3) is 0 Å². The van der Waals surface area contributed by atoms with Gasteiger partial charge in [0, 0.05) is 13.1 Å². The lowest BCUT2D eigenvalue weighted by atomic mass is 10.3. The number of aromatic nitrogens is 6. The summed E-state index contributed by atoms with van der Waals surface area (Å²) in [5.74, 6) is 2.02. The van der Waals surface area contributed by atoms with Gasteiger partial charge >= 0.3 is 0 Å². The van der Waals surface area contributed by atoms with Crippen molar-refractivity contribution in [3.8, 4) is 11.5 Å². The van der Waals surface area contributed by atoms with Gasteiger partial charge in [-0.15, -0.1) is 5.10 Å². The second-order valence-electron chi connectivity index (χ2n) is 5.01. The van der Waals surface area contributed by atoms with E-state index in [4.69, 9.17) is 9.47 Å². The van der Waals surface area contributed by atoms with E-state index in [2.05, 4.69) is 20.2 Å². The average molecular weight is 310 g/mol. The fourth-order valence-corrected chi connectivity index (χ4v) is 2.38. The second-order valence-corrected chi connectivity index (χ2v) is 5.01. The molecule has 0 aliphatic rings. The number of ether oxygens (including phenoxy) is 2. The number of methoxy groups -OCH3 is 1. The third kappa shape index (κ3) is 2.33. The first-order valence-corrected chi connectivity index (χ1v) is 7.03. The molecule has 0 saturated heterocycles. The van der Waals surface area contributed by atoms with Crippen LogP contribution in [0.5, 0.6) is 11.5 Å². The molecular weight excluding hydrogens is 296 g/mol. The minimum atomic E-state index is 0.261. The first kappa shape index (κ1) is 13.5. The Morgan fingerprint density at radius 1 is 1.17 bits per heavy atom. The van der Waals surface area contributed by atoms with Gasteiger partial charge in [-0.05, 0) is 12.1 Å². The van der Waals surface area contributed by atoms with E-state index in [-0.39, 0.29) is 6.61 Å². The maximum absolute atomic E-state index is 5.72. The molecule has 8 nitrogen and oxygen atoms in total. The molecule has 23 heavy (non-hydrogen) atoms. The Morgan fingerprint density at radius 2 is 2.04 bits per heavy atom. The summed E-state index contributed by atoms with van der Waals surface area (Å²) < 4.78 is 14.2. The molecule has 3 heterocycles.